The summed E-state index contributed by atoms with van der Waals surface area (Å²) in [6, 6.07) is 0.343. The minimum atomic E-state index is -0.573. The monoisotopic (exact) mass is 340 g/mol. The SMILES string of the molecule is CS[C@@H]1CN(CCN2C(=O)NC3(CCCC3)C2=O)C[C@@H]1N(C)C. The maximum Gasteiger partial charge on any atom is 0.325 e. The summed E-state index contributed by atoms with van der Waals surface area (Å²) in [4.78, 5) is 31.0. The highest BCUT2D eigenvalue weighted by Gasteiger charge is 2.52. The molecule has 0 aromatic heterocycles. The number of imide groups is 1. The molecule has 2 saturated heterocycles. The summed E-state index contributed by atoms with van der Waals surface area (Å²) in [7, 11) is 4.25. The molecule has 1 spiro atoms. The molecule has 2 heterocycles. The van der Waals surface area contributed by atoms with Gasteiger partial charge in [-0.2, -0.15) is 11.8 Å². The minimum Gasteiger partial charge on any atom is -0.323 e. The average molecular weight is 340 g/mol. The van der Waals surface area contributed by atoms with Gasteiger partial charge in [0.1, 0.15) is 5.54 Å². The highest BCUT2D eigenvalue weighted by atomic mass is 32.2. The van der Waals surface area contributed by atoms with Crippen molar-refractivity contribution in [1.82, 2.24) is 20.0 Å². The van der Waals surface area contributed by atoms with Gasteiger partial charge >= 0.3 is 6.03 Å². The maximum atomic E-state index is 12.6. The summed E-state index contributed by atoms with van der Waals surface area (Å²) in [6.45, 7) is 3.32. The van der Waals surface area contributed by atoms with E-state index in [1.165, 1.54) is 4.90 Å². The molecular formula is C16H28N4O2S. The number of carbonyl (C=O) groups excluding carboxylic acids is 2. The van der Waals surface area contributed by atoms with E-state index in [1.54, 1.807) is 0 Å². The van der Waals surface area contributed by atoms with Crippen molar-refractivity contribution < 1.29 is 9.59 Å². The summed E-state index contributed by atoms with van der Waals surface area (Å²) in [5, 5.41) is 3.55. The van der Waals surface area contributed by atoms with Gasteiger partial charge in [-0.05, 0) is 33.2 Å². The molecule has 1 aliphatic carbocycles. The predicted molar refractivity (Wildman–Crippen MR) is 92.7 cm³/mol. The second-order valence-corrected chi connectivity index (χ2v) is 8.32. The zero-order valence-corrected chi connectivity index (χ0v) is 15.2. The summed E-state index contributed by atoms with van der Waals surface area (Å²) >= 11 is 1.90. The fourth-order valence-corrected chi connectivity index (χ4v) is 5.18. The number of carbonyl (C=O) groups is 2. The number of likely N-dealkylation sites (tertiary alicyclic amines) is 1. The van der Waals surface area contributed by atoms with E-state index in [4.69, 9.17) is 0 Å². The Labute approximate surface area is 142 Å². The van der Waals surface area contributed by atoms with Gasteiger partial charge in [-0.25, -0.2) is 4.79 Å². The first-order chi connectivity index (χ1) is 11.0. The van der Waals surface area contributed by atoms with E-state index in [-0.39, 0.29) is 11.9 Å². The Hall–Kier alpha value is -0.790. The van der Waals surface area contributed by atoms with Gasteiger partial charge in [0, 0.05) is 37.5 Å². The molecule has 3 amide bonds. The molecule has 3 rings (SSSR count). The third-order valence-electron chi connectivity index (χ3n) is 5.62. The summed E-state index contributed by atoms with van der Waals surface area (Å²) < 4.78 is 0. The fourth-order valence-electron chi connectivity index (χ4n) is 4.18. The lowest BCUT2D eigenvalue weighted by atomic mass is 9.98. The van der Waals surface area contributed by atoms with E-state index in [0.717, 1.165) is 45.3 Å². The molecule has 130 valence electrons. The van der Waals surface area contributed by atoms with E-state index >= 15 is 0 Å². The molecule has 0 radical (unpaired) electrons. The fraction of sp³-hybridized carbons (Fsp3) is 0.875. The highest BCUT2D eigenvalue weighted by molar-refractivity contribution is 7.99. The number of amides is 3. The van der Waals surface area contributed by atoms with Crippen molar-refractivity contribution in [3.8, 4) is 0 Å². The van der Waals surface area contributed by atoms with Crippen molar-refractivity contribution >= 4 is 23.7 Å². The van der Waals surface area contributed by atoms with Crippen LogP contribution in [0.4, 0.5) is 4.79 Å². The van der Waals surface area contributed by atoms with Gasteiger partial charge in [-0.1, -0.05) is 12.8 Å². The number of urea groups is 1. The summed E-state index contributed by atoms with van der Waals surface area (Å²) in [5.41, 5.74) is -0.573. The van der Waals surface area contributed by atoms with Gasteiger partial charge < -0.3 is 10.2 Å². The van der Waals surface area contributed by atoms with Gasteiger partial charge in [0.25, 0.3) is 5.91 Å². The Morgan fingerprint density at radius 3 is 2.48 bits per heavy atom. The number of rotatable bonds is 5. The molecule has 1 N–H and O–H groups in total. The van der Waals surface area contributed by atoms with E-state index in [0.29, 0.717) is 17.8 Å². The smallest absolute Gasteiger partial charge is 0.323 e. The van der Waals surface area contributed by atoms with Crippen LogP contribution in [-0.2, 0) is 4.79 Å². The molecule has 2 atom stereocenters. The van der Waals surface area contributed by atoms with Crippen LogP contribution in [-0.4, -0.2) is 90.0 Å². The first-order valence-electron chi connectivity index (χ1n) is 8.52. The molecule has 0 aromatic rings. The van der Waals surface area contributed by atoms with Crippen LogP contribution in [0.5, 0.6) is 0 Å². The Morgan fingerprint density at radius 1 is 1.22 bits per heavy atom. The Balaban J connectivity index is 1.57. The van der Waals surface area contributed by atoms with Crippen LogP contribution in [0, 0.1) is 0 Å². The molecule has 0 aromatic carbocycles. The van der Waals surface area contributed by atoms with Gasteiger partial charge in [-0.3, -0.25) is 14.6 Å². The normalized spacial score (nSPS) is 30.9. The summed E-state index contributed by atoms with van der Waals surface area (Å²) in [5.74, 6) is 0.00442. The molecular weight excluding hydrogens is 312 g/mol. The lowest BCUT2D eigenvalue weighted by Crippen LogP contribution is -2.44. The largest absolute Gasteiger partial charge is 0.325 e. The average Bonchev–Trinajstić information content (AvgIpc) is 3.19. The third kappa shape index (κ3) is 3.10. The highest BCUT2D eigenvalue weighted by Crippen LogP contribution is 2.35. The molecule has 3 fully saturated rings. The third-order valence-corrected chi connectivity index (χ3v) is 6.69. The molecule has 2 aliphatic heterocycles. The van der Waals surface area contributed by atoms with E-state index < -0.39 is 5.54 Å². The van der Waals surface area contributed by atoms with E-state index in [1.807, 2.05) is 11.8 Å². The first kappa shape index (κ1) is 17.0. The number of nitrogens with zero attached hydrogens (tertiary/aromatic N) is 3. The summed E-state index contributed by atoms with van der Waals surface area (Å²) in [6.07, 6.45) is 5.83. The van der Waals surface area contributed by atoms with Crippen molar-refractivity contribution in [2.75, 3.05) is 46.5 Å². The van der Waals surface area contributed by atoms with Gasteiger partial charge in [-0.15, -0.1) is 0 Å². The molecule has 23 heavy (non-hydrogen) atoms. The molecule has 0 bridgehead atoms. The van der Waals surface area contributed by atoms with Crippen molar-refractivity contribution in [3.05, 3.63) is 0 Å². The van der Waals surface area contributed by atoms with Crippen LogP contribution >= 0.6 is 11.8 Å². The molecule has 3 aliphatic rings. The standard InChI is InChI=1S/C16H28N4O2S/c1-18(2)12-10-19(11-13(12)23-3)8-9-20-14(21)16(17-15(20)22)6-4-5-7-16/h12-13H,4-11H2,1-3H3,(H,17,22)/t12-,13+/m0/s1. The minimum absolute atomic E-state index is 0.00442. The maximum absolute atomic E-state index is 12.6. The number of hydrogen-bond acceptors (Lipinski definition) is 5. The van der Waals surface area contributed by atoms with Crippen LogP contribution < -0.4 is 5.32 Å². The lowest BCUT2D eigenvalue weighted by Gasteiger charge is -2.24. The molecule has 7 heteroatoms. The van der Waals surface area contributed by atoms with E-state index in [9.17, 15) is 9.59 Å². The second kappa shape index (κ2) is 6.61. The predicted octanol–water partition coefficient (Wildman–Crippen LogP) is 0.828. The topological polar surface area (TPSA) is 55.9 Å². The van der Waals surface area contributed by atoms with Crippen molar-refractivity contribution in [3.63, 3.8) is 0 Å². The zero-order chi connectivity index (χ0) is 16.6. The van der Waals surface area contributed by atoms with E-state index in [2.05, 4.69) is 35.5 Å². The van der Waals surface area contributed by atoms with Crippen LogP contribution in [0.1, 0.15) is 25.7 Å². The Kier molecular flexibility index (Phi) is 4.90. The van der Waals surface area contributed by atoms with Crippen molar-refractivity contribution in [2.45, 2.75) is 42.5 Å². The molecule has 6 nitrogen and oxygen atoms in total. The van der Waals surface area contributed by atoms with Crippen molar-refractivity contribution in [2.24, 2.45) is 0 Å². The van der Waals surface area contributed by atoms with Crippen molar-refractivity contribution in [1.29, 1.82) is 0 Å². The van der Waals surface area contributed by atoms with Crippen LogP contribution in [0.2, 0.25) is 0 Å². The zero-order valence-electron chi connectivity index (χ0n) is 14.4. The Morgan fingerprint density at radius 2 is 1.91 bits per heavy atom. The van der Waals surface area contributed by atoms with Crippen LogP contribution in [0.3, 0.4) is 0 Å². The Bertz CT molecular complexity index is 479. The number of hydrogen-bond donors (Lipinski definition) is 1. The quantitative estimate of drug-likeness (QED) is 0.751. The van der Waals surface area contributed by atoms with Crippen LogP contribution in [0.25, 0.3) is 0 Å². The second-order valence-electron chi connectivity index (χ2n) is 7.24. The van der Waals surface area contributed by atoms with Gasteiger partial charge in [0.15, 0.2) is 0 Å². The van der Waals surface area contributed by atoms with Gasteiger partial charge in [0.2, 0.25) is 0 Å². The molecule has 1 saturated carbocycles. The first-order valence-corrected chi connectivity index (χ1v) is 9.81. The molecule has 0 unspecified atom stereocenters. The number of nitrogens with one attached hydrogen (secondary N) is 1. The number of thioether (sulfide) groups is 1. The van der Waals surface area contributed by atoms with Crippen LogP contribution in [0.15, 0.2) is 0 Å². The lowest BCUT2D eigenvalue weighted by molar-refractivity contribution is -0.131. The van der Waals surface area contributed by atoms with Gasteiger partial charge in [0.05, 0.1) is 0 Å². The number of likely N-dealkylation sites (N-methyl/N-ethyl adjacent to an activating group) is 1.